The van der Waals surface area contributed by atoms with E-state index in [0.29, 0.717) is 11.6 Å². The highest BCUT2D eigenvalue weighted by atomic mass is 79.9. The van der Waals surface area contributed by atoms with Gasteiger partial charge in [0.15, 0.2) is 0 Å². The lowest BCUT2D eigenvalue weighted by Crippen LogP contribution is -2.31. The van der Waals surface area contributed by atoms with Gasteiger partial charge in [0.1, 0.15) is 0 Å². The van der Waals surface area contributed by atoms with Gasteiger partial charge in [0.05, 0.1) is 4.83 Å². The molecule has 0 aromatic heterocycles. The molecule has 1 rings (SSSR count). The van der Waals surface area contributed by atoms with Crippen LogP contribution in [-0.4, -0.2) is 22.7 Å². The number of benzene rings is 1. The summed E-state index contributed by atoms with van der Waals surface area (Å²) < 4.78 is 0. The van der Waals surface area contributed by atoms with Crippen LogP contribution in [-0.2, 0) is 11.3 Å². The molecule has 0 aliphatic carbocycles. The van der Waals surface area contributed by atoms with Gasteiger partial charge in [-0.15, -0.1) is 0 Å². The molecule has 1 atom stereocenters. The molecule has 0 saturated heterocycles. The smallest absolute Gasteiger partial charge is 0.236 e. The molecule has 1 aromatic rings. The molecule has 1 aromatic carbocycles. The average molecular weight is 291 g/mol. The molecule has 15 heavy (non-hydrogen) atoms. The summed E-state index contributed by atoms with van der Waals surface area (Å²) in [7, 11) is 1.77. The predicted octanol–water partition coefficient (Wildman–Crippen LogP) is 3.08. The molecule has 0 aliphatic rings. The third-order valence-corrected chi connectivity index (χ3v) is 2.84. The van der Waals surface area contributed by atoms with E-state index in [0.717, 1.165) is 5.56 Å². The Morgan fingerprint density at radius 1 is 1.53 bits per heavy atom. The van der Waals surface area contributed by atoms with E-state index < -0.39 is 0 Å². The first kappa shape index (κ1) is 12.5. The van der Waals surface area contributed by atoms with Crippen LogP contribution in [0.1, 0.15) is 12.5 Å². The van der Waals surface area contributed by atoms with Crippen LogP contribution in [0, 0.1) is 0 Å². The fourth-order valence-corrected chi connectivity index (χ4v) is 1.81. The summed E-state index contributed by atoms with van der Waals surface area (Å²) >= 11 is 9.25. The Hall–Kier alpha value is -0.540. The molecule has 0 bridgehead atoms. The minimum atomic E-state index is -0.162. The maximum atomic E-state index is 11.6. The molecule has 0 saturated carbocycles. The number of carbonyl (C=O) groups is 1. The molecule has 82 valence electrons. The van der Waals surface area contributed by atoms with Crippen molar-refractivity contribution in [3.8, 4) is 0 Å². The predicted molar refractivity (Wildman–Crippen MR) is 66.3 cm³/mol. The van der Waals surface area contributed by atoms with E-state index in [-0.39, 0.29) is 10.7 Å². The van der Waals surface area contributed by atoms with Crippen molar-refractivity contribution in [1.29, 1.82) is 0 Å². The summed E-state index contributed by atoms with van der Waals surface area (Å²) in [5.74, 6) is 0.0509. The summed E-state index contributed by atoms with van der Waals surface area (Å²) in [6.45, 7) is 2.35. The summed E-state index contributed by atoms with van der Waals surface area (Å²) in [5, 5.41) is 0.694. The summed E-state index contributed by atoms with van der Waals surface area (Å²) in [6, 6.07) is 7.54. The molecular formula is C11H13BrClNO. The molecule has 1 unspecified atom stereocenters. The van der Waals surface area contributed by atoms with Crippen LogP contribution in [0.5, 0.6) is 0 Å². The maximum absolute atomic E-state index is 11.6. The third kappa shape index (κ3) is 3.50. The van der Waals surface area contributed by atoms with Crippen LogP contribution in [0.3, 0.4) is 0 Å². The largest absolute Gasteiger partial charge is 0.340 e. The molecular weight excluding hydrogens is 277 g/mol. The van der Waals surface area contributed by atoms with Gasteiger partial charge >= 0.3 is 0 Å². The molecule has 2 nitrogen and oxygen atoms in total. The molecule has 0 fully saturated rings. The van der Waals surface area contributed by atoms with E-state index in [1.54, 1.807) is 11.9 Å². The lowest BCUT2D eigenvalue weighted by molar-refractivity contribution is -0.129. The van der Waals surface area contributed by atoms with Crippen LogP contribution >= 0.6 is 27.5 Å². The lowest BCUT2D eigenvalue weighted by Gasteiger charge is -2.19. The van der Waals surface area contributed by atoms with E-state index in [9.17, 15) is 4.79 Å². The van der Waals surface area contributed by atoms with E-state index in [1.807, 2.05) is 31.2 Å². The van der Waals surface area contributed by atoms with Crippen molar-refractivity contribution in [3.63, 3.8) is 0 Å². The number of alkyl halides is 1. The van der Waals surface area contributed by atoms with Crippen molar-refractivity contribution in [2.24, 2.45) is 0 Å². The molecule has 1 amide bonds. The monoisotopic (exact) mass is 289 g/mol. The number of carbonyl (C=O) groups excluding carboxylic acids is 1. The summed E-state index contributed by atoms with van der Waals surface area (Å²) in [6.07, 6.45) is 0. The van der Waals surface area contributed by atoms with Crippen molar-refractivity contribution >= 4 is 33.4 Å². The number of rotatable bonds is 3. The average Bonchev–Trinajstić information content (AvgIpc) is 2.20. The lowest BCUT2D eigenvalue weighted by atomic mass is 10.2. The zero-order valence-electron chi connectivity index (χ0n) is 8.71. The number of amides is 1. The molecule has 0 spiro atoms. The Balaban J connectivity index is 2.71. The summed E-state index contributed by atoms with van der Waals surface area (Å²) in [4.78, 5) is 13.1. The number of halogens is 2. The topological polar surface area (TPSA) is 20.3 Å². The zero-order chi connectivity index (χ0) is 11.4. The standard InChI is InChI=1S/C11H13BrClNO/c1-8(12)11(15)14(2)7-9-5-3-4-6-10(9)13/h3-6,8H,7H2,1-2H3. The highest BCUT2D eigenvalue weighted by molar-refractivity contribution is 9.10. The van der Waals surface area contributed by atoms with Gasteiger partial charge in [-0.05, 0) is 18.6 Å². The quantitative estimate of drug-likeness (QED) is 0.784. The number of hydrogen-bond donors (Lipinski definition) is 0. The van der Waals surface area contributed by atoms with E-state index in [4.69, 9.17) is 11.6 Å². The Bertz CT molecular complexity index is 354. The maximum Gasteiger partial charge on any atom is 0.236 e. The SMILES string of the molecule is CC(Br)C(=O)N(C)Cc1ccccc1Cl. The van der Waals surface area contributed by atoms with Crippen LogP contribution in [0.15, 0.2) is 24.3 Å². The first-order valence-corrected chi connectivity index (χ1v) is 5.94. The van der Waals surface area contributed by atoms with Gasteiger partial charge in [-0.3, -0.25) is 4.79 Å². The van der Waals surface area contributed by atoms with Gasteiger partial charge in [0, 0.05) is 18.6 Å². The first-order valence-electron chi connectivity index (χ1n) is 4.65. The fraction of sp³-hybridized carbons (Fsp3) is 0.364. The minimum absolute atomic E-state index is 0.0509. The Kier molecular flexibility index (Phi) is 4.61. The van der Waals surface area contributed by atoms with Crippen LogP contribution < -0.4 is 0 Å². The van der Waals surface area contributed by atoms with Gasteiger partial charge in [-0.2, -0.15) is 0 Å². The van der Waals surface area contributed by atoms with E-state index in [2.05, 4.69) is 15.9 Å². The second-order valence-corrected chi connectivity index (χ2v) is 5.18. The van der Waals surface area contributed by atoms with Gasteiger partial charge in [-0.1, -0.05) is 45.7 Å². The summed E-state index contributed by atoms with van der Waals surface area (Å²) in [5.41, 5.74) is 0.961. The Labute approximate surface area is 103 Å². The Morgan fingerprint density at radius 3 is 2.67 bits per heavy atom. The second-order valence-electron chi connectivity index (χ2n) is 3.40. The molecule has 4 heteroatoms. The van der Waals surface area contributed by atoms with E-state index >= 15 is 0 Å². The Morgan fingerprint density at radius 2 is 2.13 bits per heavy atom. The van der Waals surface area contributed by atoms with Crippen molar-refractivity contribution < 1.29 is 4.79 Å². The van der Waals surface area contributed by atoms with Crippen molar-refractivity contribution in [2.75, 3.05) is 7.05 Å². The van der Waals surface area contributed by atoms with Gasteiger partial charge in [0.25, 0.3) is 0 Å². The highest BCUT2D eigenvalue weighted by Gasteiger charge is 2.15. The number of hydrogen-bond acceptors (Lipinski definition) is 1. The van der Waals surface area contributed by atoms with Crippen LogP contribution in [0.4, 0.5) is 0 Å². The van der Waals surface area contributed by atoms with Crippen molar-refractivity contribution in [3.05, 3.63) is 34.9 Å². The molecule has 0 heterocycles. The molecule has 0 aliphatic heterocycles. The molecule has 0 N–H and O–H groups in total. The number of nitrogens with zero attached hydrogens (tertiary/aromatic N) is 1. The van der Waals surface area contributed by atoms with Crippen molar-refractivity contribution in [2.45, 2.75) is 18.3 Å². The fourth-order valence-electron chi connectivity index (χ4n) is 1.26. The normalized spacial score (nSPS) is 12.3. The first-order chi connectivity index (χ1) is 7.02. The zero-order valence-corrected chi connectivity index (χ0v) is 11.0. The van der Waals surface area contributed by atoms with Gasteiger partial charge in [0.2, 0.25) is 5.91 Å². The molecule has 0 radical (unpaired) electrons. The van der Waals surface area contributed by atoms with Gasteiger partial charge in [-0.25, -0.2) is 0 Å². The van der Waals surface area contributed by atoms with Crippen LogP contribution in [0.2, 0.25) is 5.02 Å². The third-order valence-electron chi connectivity index (χ3n) is 2.08. The second kappa shape index (κ2) is 5.52. The van der Waals surface area contributed by atoms with E-state index in [1.165, 1.54) is 0 Å². The minimum Gasteiger partial charge on any atom is -0.340 e. The van der Waals surface area contributed by atoms with Crippen molar-refractivity contribution in [1.82, 2.24) is 4.90 Å². The van der Waals surface area contributed by atoms with Gasteiger partial charge < -0.3 is 4.90 Å². The van der Waals surface area contributed by atoms with Crippen LogP contribution in [0.25, 0.3) is 0 Å². The highest BCUT2D eigenvalue weighted by Crippen LogP contribution is 2.17.